The predicted octanol–water partition coefficient (Wildman–Crippen LogP) is 1.40. The lowest BCUT2D eigenvalue weighted by Gasteiger charge is -2.33. The minimum Gasteiger partial charge on any atom is -0.480 e. The Labute approximate surface area is 141 Å². The number of alkyl halides is 3. The van der Waals surface area contributed by atoms with E-state index in [2.05, 4.69) is 5.32 Å². The third kappa shape index (κ3) is 4.08. The minimum absolute atomic E-state index is 0.118. The first-order chi connectivity index (χ1) is 11.5. The van der Waals surface area contributed by atoms with E-state index in [1.165, 1.54) is 18.9 Å². The molecule has 0 aliphatic carbocycles. The van der Waals surface area contributed by atoms with Crippen molar-refractivity contribution in [3.8, 4) is 0 Å². The monoisotopic (exact) mass is 359 g/mol. The van der Waals surface area contributed by atoms with Crippen molar-refractivity contribution in [3.05, 3.63) is 23.8 Å². The molecule has 1 unspecified atom stereocenters. The molecule has 0 aromatic heterocycles. The van der Waals surface area contributed by atoms with Crippen molar-refractivity contribution >= 4 is 29.2 Å². The maximum atomic E-state index is 12.8. The summed E-state index contributed by atoms with van der Waals surface area (Å²) in [7, 11) is 1.42. The number of carbonyl (C=O) groups is 3. The number of amides is 2. The summed E-state index contributed by atoms with van der Waals surface area (Å²) in [6.45, 7) is 0.705. The molecule has 136 valence electrons. The SMILES string of the molecule is CC(C(=O)N1CC(=O)Nc2cc(C(F)(F)F)ccc21)N(C)CC(=O)O. The second kappa shape index (κ2) is 6.71. The standard InChI is InChI=1S/C15H16F3N3O4/c1-8(20(2)7-13(23)24)14(25)21-6-12(22)19-10-5-9(15(16,17)18)3-4-11(10)21/h3-5,8H,6-7H2,1-2H3,(H,19,22)(H,23,24). The van der Waals surface area contributed by atoms with E-state index < -0.39 is 42.1 Å². The highest BCUT2D eigenvalue weighted by atomic mass is 19.4. The van der Waals surface area contributed by atoms with Crippen LogP contribution in [-0.2, 0) is 20.6 Å². The molecule has 25 heavy (non-hydrogen) atoms. The van der Waals surface area contributed by atoms with Crippen LogP contribution in [0.5, 0.6) is 0 Å². The lowest BCUT2D eigenvalue weighted by atomic mass is 10.1. The first-order valence-corrected chi connectivity index (χ1v) is 7.25. The van der Waals surface area contributed by atoms with Gasteiger partial charge in [0.25, 0.3) is 0 Å². The number of hydrogen-bond acceptors (Lipinski definition) is 4. The summed E-state index contributed by atoms with van der Waals surface area (Å²) in [5.41, 5.74) is -0.933. The van der Waals surface area contributed by atoms with Crippen LogP contribution in [0.3, 0.4) is 0 Å². The fourth-order valence-electron chi connectivity index (χ4n) is 2.43. The fraction of sp³-hybridized carbons (Fsp3) is 0.400. The number of fused-ring (bicyclic) bond motifs is 1. The van der Waals surface area contributed by atoms with E-state index >= 15 is 0 Å². The van der Waals surface area contributed by atoms with Crippen LogP contribution in [0.25, 0.3) is 0 Å². The van der Waals surface area contributed by atoms with Crippen LogP contribution in [0.1, 0.15) is 12.5 Å². The number of halogens is 3. The molecule has 0 saturated heterocycles. The molecule has 1 aromatic rings. The molecule has 0 radical (unpaired) electrons. The quantitative estimate of drug-likeness (QED) is 0.848. The van der Waals surface area contributed by atoms with Gasteiger partial charge in [0.1, 0.15) is 6.54 Å². The maximum Gasteiger partial charge on any atom is 0.416 e. The molecule has 1 atom stereocenters. The van der Waals surface area contributed by atoms with Gasteiger partial charge >= 0.3 is 12.1 Å². The molecular weight excluding hydrogens is 343 g/mol. The van der Waals surface area contributed by atoms with Gasteiger partial charge in [0, 0.05) is 0 Å². The molecule has 0 spiro atoms. The Morgan fingerprint density at radius 3 is 2.60 bits per heavy atom. The summed E-state index contributed by atoms with van der Waals surface area (Å²) in [6.07, 6.45) is -4.58. The van der Waals surface area contributed by atoms with Crippen molar-refractivity contribution in [2.45, 2.75) is 19.1 Å². The van der Waals surface area contributed by atoms with Gasteiger partial charge in [0.15, 0.2) is 0 Å². The molecule has 0 saturated carbocycles. The Bertz CT molecular complexity index is 720. The van der Waals surface area contributed by atoms with Crippen LogP contribution >= 0.6 is 0 Å². The lowest BCUT2D eigenvalue weighted by Crippen LogP contribution is -2.51. The number of carboxylic acid groups (broad SMARTS) is 1. The van der Waals surface area contributed by atoms with Gasteiger partial charge in [-0.2, -0.15) is 13.2 Å². The van der Waals surface area contributed by atoms with Gasteiger partial charge in [-0.3, -0.25) is 24.2 Å². The third-order valence-electron chi connectivity index (χ3n) is 3.86. The molecule has 1 heterocycles. The van der Waals surface area contributed by atoms with Crippen molar-refractivity contribution < 1.29 is 32.7 Å². The number of nitrogens with zero attached hydrogens (tertiary/aromatic N) is 2. The van der Waals surface area contributed by atoms with E-state index in [4.69, 9.17) is 5.11 Å². The zero-order chi connectivity index (χ0) is 18.9. The Morgan fingerprint density at radius 2 is 2.04 bits per heavy atom. The predicted molar refractivity (Wildman–Crippen MR) is 82.2 cm³/mol. The van der Waals surface area contributed by atoms with Crippen LogP contribution in [-0.4, -0.2) is 54.0 Å². The molecule has 2 rings (SSSR count). The Hall–Kier alpha value is -2.62. The highest BCUT2D eigenvalue weighted by Crippen LogP contribution is 2.37. The molecule has 7 nitrogen and oxygen atoms in total. The number of nitrogens with one attached hydrogen (secondary N) is 1. The zero-order valence-corrected chi connectivity index (χ0v) is 13.4. The van der Waals surface area contributed by atoms with Crippen molar-refractivity contribution in [1.82, 2.24) is 4.90 Å². The van der Waals surface area contributed by atoms with E-state index in [1.54, 1.807) is 0 Å². The molecule has 0 bridgehead atoms. The van der Waals surface area contributed by atoms with Gasteiger partial charge in [0.2, 0.25) is 11.8 Å². The summed E-state index contributed by atoms with van der Waals surface area (Å²) < 4.78 is 38.4. The molecule has 0 fully saturated rings. The van der Waals surface area contributed by atoms with Gasteiger partial charge in [-0.25, -0.2) is 0 Å². The van der Waals surface area contributed by atoms with Gasteiger partial charge in [-0.1, -0.05) is 0 Å². The average molecular weight is 359 g/mol. The van der Waals surface area contributed by atoms with Crippen LogP contribution in [0.2, 0.25) is 0 Å². The van der Waals surface area contributed by atoms with Gasteiger partial charge in [0.05, 0.1) is 29.5 Å². The van der Waals surface area contributed by atoms with Gasteiger partial charge in [-0.05, 0) is 32.2 Å². The molecular formula is C15H16F3N3O4. The number of anilines is 2. The second-order valence-corrected chi connectivity index (χ2v) is 5.69. The smallest absolute Gasteiger partial charge is 0.416 e. The molecule has 2 N–H and O–H groups in total. The van der Waals surface area contributed by atoms with Crippen molar-refractivity contribution in [2.24, 2.45) is 0 Å². The number of carbonyl (C=O) groups excluding carboxylic acids is 2. The summed E-state index contributed by atoms with van der Waals surface area (Å²) >= 11 is 0. The van der Waals surface area contributed by atoms with Crippen LogP contribution in [0.4, 0.5) is 24.5 Å². The summed E-state index contributed by atoms with van der Waals surface area (Å²) in [5.74, 6) is -2.35. The van der Waals surface area contributed by atoms with E-state index in [-0.39, 0.29) is 17.9 Å². The van der Waals surface area contributed by atoms with E-state index in [9.17, 15) is 27.6 Å². The number of hydrogen-bond donors (Lipinski definition) is 2. The number of benzene rings is 1. The summed E-state index contributed by atoms with van der Waals surface area (Å²) in [6, 6.07) is 1.82. The van der Waals surface area contributed by atoms with Crippen molar-refractivity contribution in [1.29, 1.82) is 0 Å². The maximum absolute atomic E-state index is 12.8. The van der Waals surface area contributed by atoms with Crippen LogP contribution < -0.4 is 10.2 Å². The Morgan fingerprint density at radius 1 is 1.40 bits per heavy atom. The van der Waals surface area contributed by atoms with Crippen molar-refractivity contribution in [2.75, 3.05) is 30.4 Å². The molecule has 1 aromatic carbocycles. The highest BCUT2D eigenvalue weighted by molar-refractivity contribution is 6.11. The van der Waals surface area contributed by atoms with Gasteiger partial charge < -0.3 is 10.4 Å². The Kier molecular flexibility index (Phi) is 5.02. The van der Waals surface area contributed by atoms with Crippen molar-refractivity contribution in [3.63, 3.8) is 0 Å². The van der Waals surface area contributed by atoms with E-state index in [0.717, 1.165) is 23.1 Å². The largest absolute Gasteiger partial charge is 0.480 e. The molecule has 1 aliphatic rings. The number of likely N-dealkylation sites (N-methyl/N-ethyl adjacent to an activating group) is 1. The molecule has 10 heteroatoms. The van der Waals surface area contributed by atoms with Crippen LogP contribution in [0.15, 0.2) is 18.2 Å². The zero-order valence-electron chi connectivity index (χ0n) is 13.4. The molecule has 1 aliphatic heterocycles. The lowest BCUT2D eigenvalue weighted by molar-refractivity contribution is -0.139. The first-order valence-electron chi connectivity index (χ1n) is 7.25. The van der Waals surface area contributed by atoms with Gasteiger partial charge in [-0.15, -0.1) is 0 Å². The number of rotatable bonds is 4. The first kappa shape index (κ1) is 18.7. The average Bonchev–Trinajstić information content (AvgIpc) is 2.50. The normalized spacial score (nSPS) is 15.6. The topological polar surface area (TPSA) is 90.0 Å². The van der Waals surface area contributed by atoms with E-state index in [1.807, 2.05) is 0 Å². The Balaban J connectivity index is 2.33. The minimum atomic E-state index is -4.58. The molecule has 2 amide bonds. The van der Waals surface area contributed by atoms with E-state index in [0.29, 0.717) is 0 Å². The fourth-order valence-corrected chi connectivity index (χ4v) is 2.43. The second-order valence-electron chi connectivity index (χ2n) is 5.69. The third-order valence-corrected chi connectivity index (χ3v) is 3.86. The number of carboxylic acids is 1. The summed E-state index contributed by atoms with van der Waals surface area (Å²) in [5, 5.41) is 11.1. The highest BCUT2D eigenvalue weighted by Gasteiger charge is 2.35. The summed E-state index contributed by atoms with van der Waals surface area (Å²) in [4.78, 5) is 37.5. The van der Waals surface area contributed by atoms with Crippen LogP contribution in [0, 0.1) is 0 Å². The number of aliphatic carboxylic acids is 1.